The molecular formula is C11H7BrClFN2. The quantitative estimate of drug-likeness (QED) is 0.833. The Kier molecular flexibility index (Phi) is 3.41. The van der Waals surface area contributed by atoms with Crippen molar-refractivity contribution in [3.05, 3.63) is 51.8 Å². The minimum atomic E-state index is -0.408. The van der Waals surface area contributed by atoms with E-state index in [0.29, 0.717) is 15.4 Å². The van der Waals surface area contributed by atoms with Crippen molar-refractivity contribution in [1.82, 2.24) is 4.98 Å². The summed E-state index contributed by atoms with van der Waals surface area (Å²) >= 11 is 9.11. The molecule has 0 amide bonds. The number of aromatic nitrogens is 1. The number of hydrogen-bond acceptors (Lipinski definition) is 2. The Labute approximate surface area is 106 Å². The topological polar surface area (TPSA) is 24.9 Å². The highest BCUT2D eigenvalue weighted by Crippen LogP contribution is 2.27. The summed E-state index contributed by atoms with van der Waals surface area (Å²) in [5.41, 5.74) is 0.231. The van der Waals surface area contributed by atoms with Crippen LogP contribution in [-0.4, -0.2) is 4.98 Å². The standard InChI is InChI=1S/C11H7BrClFN2/c12-9-5-2-6-10(15-9)16-11-7(13)3-1-4-8(11)14/h1-6H,(H,15,16). The number of halogens is 3. The second-order valence-corrected chi connectivity index (χ2v) is 4.29. The van der Waals surface area contributed by atoms with Crippen LogP contribution in [-0.2, 0) is 0 Å². The molecule has 2 nitrogen and oxygen atoms in total. The zero-order valence-corrected chi connectivity index (χ0v) is 10.4. The highest BCUT2D eigenvalue weighted by atomic mass is 79.9. The number of pyridine rings is 1. The molecule has 82 valence electrons. The summed E-state index contributed by atoms with van der Waals surface area (Å²) in [6.07, 6.45) is 0. The predicted octanol–water partition coefficient (Wildman–Crippen LogP) is 4.38. The van der Waals surface area contributed by atoms with Gasteiger partial charge >= 0.3 is 0 Å². The highest BCUT2D eigenvalue weighted by Gasteiger charge is 2.07. The number of rotatable bonds is 2. The lowest BCUT2D eigenvalue weighted by atomic mass is 10.3. The highest BCUT2D eigenvalue weighted by molar-refractivity contribution is 9.10. The van der Waals surface area contributed by atoms with Gasteiger partial charge < -0.3 is 5.32 Å². The van der Waals surface area contributed by atoms with E-state index in [9.17, 15) is 4.39 Å². The molecule has 0 saturated heterocycles. The van der Waals surface area contributed by atoms with E-state index < -0.39 is 5.82 Å². The number of nitrogens with one attached hydrogen (secondary N) is 1. The van der Waals surface area contributed by atoms with Crippen molar-refractivity contribution in [2.75, 3.05) is 5.32 Å². The van der Waals surface area contributed by atoms with Gasteiger partial charge in [-0.05, 0) is 40.2 Å². The van der Waals surface area contributed by atoms with Gasteiger partial charge in [-0.15, -0.1) is 0 Å². The first-order chi connectivity index (χ1) is 7.66. The molecule has 1 N–H and O–H groups in total. The summed E-state index contributed by atoms with van der Waals surface area (Å²) < 4.78 is 14.1. The normalized spacial score (nSPS) is 10.2. The van der Waals surface area contributed by atoms with Gasteiger partial charge in [0.2, 0.25) is 0 Å². The molecule has 0 fully saturated rings. The maximum atomic E-state index is 13.5. The van der Waals surface area contributed by atoms with E-state index in [1.54, 1.807) is 30.3 Å². The van der Waals surface area contributed by atoms with E-state index in [4.69, 9.17) is 11.6 Å². The third-order valence-corrected chi connectivity index (χ3v) is 2.69. The lowest BCUT2D eigenvalue weighted by Crippen LogP contribution is -1.96. The van der Waals surface area contributed by atoms with Crippen molar-refractivity contribution in [1.29, 1.82) is 0 Å². The maximum Gasteiger partial charge on any atom is 0.148 e. The monoisotopic (exact) mass is 300 g/mol. The number of anilines is 2. The van der Waals surface area contributed by atoms with Gasteiger partial charge in [0.1, 0.15) is 16.2 Å². The molecule has 0 saturated carbocycles. The molecule has 5 heteroatoms. The molecule has 0 atom stereocenters. The largest absolute Gasteiger partial charge is 0.337 e. The van der Waals surface area contributed by atoms with Crippen LogP contribution in [0.3, 0.4) is 0 Å². The van der Waals surface area contributed by atoms with Gasteiger partial charge in [0.05, 0.1) is 10.7 Å². The minimum absolute atomic E-state index is 0.231. The molecular weight excluding hydrogens is 294 g/mol. The molecule has 2 aromatic rings. The van der Waals surface area contributed by atoms with Crippen LogP contribution in [0.15, 0.2) is 41.0 Å². The Morgan fingerprint density at radius 1 is 1.19 bits per heavy atom. The maximum absolute atomic E-state index is 13.5. The van der Waals surface area contributed by atoms with Crippen LogP contribution in [0.1, 0.15) is 0 Å². The van der Waals surface area contributed by atoms with E-state index in [1.165, 1.54) is 6.07 Å². The first kappa shape index (κ1) is 11.4. The first-order valence-corrected chi connectivity index (χ1v) is 5.67. The Bertz CT molecular complexity index is 499. The van der Waals surface area contributed by atoms with Crippen LogP contribution in [0.25, 0.3) is 0 Å². The van der Waals surface area contributed by atoms with Crippen LogP contribution in [0, 0.1) is 5.82 Å². The third-order valence-electron chi connectivity index (χ3n) is 1.93. The Hall–Kier alpha value is -1.13. The fourth-order valence-electron chi connectivity index (χ4n) is 1.22. The van der Waals surface area contributed by atoms with Crippen molar-refractivity contribution >= 4 is 39.0 Å². The fourth-order valence-corrected chi connectivity index (χ4v) is 1.78. The van der Waals surface area contributed by atoms with Gasteiger partial charge in [-0.1, -0.05) is 23.7 Å². The van der Waals surface area contributed by atoms with E-state index in [1.807, 2.05) is 0 Å². The molecule has 0 aliphatic rings. The van der Waals surface area contributed by atoms with Crippen molar-refractivity contribution in [2.24, 2.45) is 0 Å². The van der Waals surface area contributed by atoms with E-state index >= 15 is 0 Å². The SMILES string of the molecule is Fc1cccc(Cl)c1Nc1cccc(Br)n1. The minimum Gasteiger partial charge on any atom is -0.337 e. The van der Waals surface area contributed by atoms with E-state index in [2.05, 4.69) is 26.2 Å². The van der Waals surface area contributed by atoms with E-state index in [-0.39, 0.29) is 5.69 Å². The molecule has 0 bridgehead atoms. The summed E-state index contributed by atoms with van der Waals surface area (Å²) in [6.45, 7) is 0. The fraction of sp³-hybridized carbons (Fsp3) is 0. The van der Waals surface area contributed by atoms with E-state index in [0.717, 1.165) is 0 Å². The summed E-state index contributed by atoms with van der Waals surface area (Å²) in [5, 5.41) is 3.15. The van der Waals surface area contributed by atoms with Crippen molar-refractivity contribution in [3.8, 4) is 0 Å². The number of nitrogens with zero attached hydrogens (tertiary/aromatic N) is 1. The molecule has 16 heavy (non-hydrogen) atoms. The predicted molar refractivity (Wildman–Crippen MR) is 66.6 cm³/mol. The van der Waals surface area contributed by atoms with Gasteiger partial charge in [-0.3, -0.25) is 0 Å². The average molecular weight is 302 g/mol. The van der Waals surface area contributed by atoms with Gasteiger partial charge in [0.25, 0.3) is 0 Å². The first-order valence-electron chi connectivity index (χ1n) is 4.50. The second kappa shape index (κ2) is 4.80. The van der Waals surface area contributed by atoms with Crippen LogP contribution >= 0.6 is 27.5 Å². The summed E-state index contributed by atoms with van der Waals surface area (Å²) in [7, 11) is 0. The van der Waals surface area contributed by atoms with Crippen LogP contribution in [0.2, 0.25) is 5.02 Å². The number of benzene rings is 1. The summed E-state index contributed by atoms with van der Waals surface area (Å²) in [5.74, 6) is 0.121. The average Bonchev–Trinajstić information content (AvgIpc) is 2.24. The lowest BCUT2D eigenvalue weighted by molar-refractivity contribution is 0.632. The molecule has 1 heterocycles. The van der Waals surface area contributed by atoms with Crippen molar-refractivity contribution in [3.63, 3.8) is 0 Å². The van der Waals surface area contributed by atoms with Crippen molar-refractivity contribution in [2.45, 2.75) is 0 Å². The van der Waals surface area contributed by atoms with Crippen LogP contribution < -0.4 is 5.32 Å². The molecule has 0 radical (unpaired) electrons. The molecule has 0 aliphatic heterocycles. The number of hydrogen-bond donors (Lipinski definition) is 1. The second-order valence-electron chi connectivity index (χ2n) is 3.07. The molecule has 1 aromatic heterocycles. The van der Waals surface area contributed by atoms with Gasteiger partial charge in [-0.2, -0.15) is 0 Å². The molecule has 1 aromatic carbocycles. The molecule has 0 unspecified atom stereocenters. The third kappa shape index (κ3) is 2.51. The molecule has 2 rings (SSSR count). The van der Waals surface area contributed by atoms with Gasteiger partial charge in [0.15, 0.2) is 0 Å². The lowest BCUT2D eigenvalue weighted by Gasteiger charge is -2.08. The van der Waals surface area contributed by atoms with Crippen molar-refractivity contribution < 1.29 is 4.39 Å². The molecule has 0 spiro atoms. The zero-order chi connectivity index (χ0) is 11.5. The summed E-state index contributed by atoms with van der Waals surface area (Å²) in [4.78, 5) is 4.13. The summed E-state index contributed by atoms with van der Waals surface area (Å²) in [6, 6.07) is 9.82. The Balaban J connectivity index is 2.34. The number of para-hydroxylation sites is 1. The van der Waals surface area contributed by atoms with Crippen LogP contribution in [0.5, 0.6) is 0 Å². The smallest absolute Gasteiger partial charge is 0.148 e. The molecule has 0 aliphatic carbocycles. The Morgan fingerprint density at radius 3 is 2.62 bits per heavy atom. The van der Waals surface area contributed by atoms with Gasteiger partial charge in [-0.25, -0.2) is 9.37 Å². The zero-order valence-electron chi connectivity index (χ0n) is 8.05. The van der Waals surface area contributed by atoms with Gasteiger partial charge in [0, 0.05) is 0 Å². The van der Waals surface area contributed by atoms with Crippen LogP contribution in [0.4, 0.5) is 15.9 Å². The Morgan fingerprint density at radius 2 is 1.94 bits per heavy atom.